The Balaban J connectivity index is 0. The van der Waals surface area contributed by atoms with Gasteiger partial charge in [0.1, 0.15) is 0 Å². The minimum Gasteiger partial charge on any atom is -0.338 e. The van der Waals surface area contributed by atoms with Crippen LogP contribution in [0, 0.1) is 6.92 Å². The van der Waals surface area contributed by atoms with Crippen molar-refractivity contribution >= 4 is 5.69 Å². The molecule has 0 spiro atoms. The van der Waals surface area contributed by atoms with E-state index in [2.05, 4.69) is 61.4 Å². The molecular formula is C21H29F2N. The number of benzene rings is 1. The van der Waals surface area contributed by atoms with Gasteiger partial charge in [-0.15, -0.1) is 0 Å². The molecule has 0 aromatic heterocycles. The van der Waals surface area contributed by atoms with Crippen molar-refractivity contribution in [3.05, 3.63) is 91.2 Å². The van der Waals surface area contributed by atoms with Gasteiger partial charge in [-0.2, -0.15) is 0 Å². The van der Waals surface area contributed by atoms with Gasteiger partial charge in [0.05, 0.1) is 14.4 Å². The zero-order valence-corrected chi connectivity index (χ0v) is 15.2. The standard InChI is InChI=1S/C19H23N.2CH3F/c1-5-8-9-10-16-20(18(7-3)11-6-2)19-14-12-17(4)13-15-19;2*1-2/h5-15H,2-3,16H2,1,4H3;2*1H3/b8-5-,10-9-,18-11+;;. The van der Waals surface area contributed by atoms with Crippen molar-refractivity contribution in [3.63, 3.8) is 0 Å². The molecule has 0 atom stereocenters. The van der Waals surface area contributed by atoms with Crippen LogP contribution in [0.15, 0.2) is 85.7 Å². The van der Waals surface area contributed by atoms with E-state index < -0.39 is 0 Å². The summed E-state index contributed by atoms with van der Waals surface area (Å²) in [5.41, 5.74) is 3.44. The third kappa shape index (κ3) is 9.57. The lowest BCUT2D eigenvalue weighted by molar-refractivity contribution is 0.635. The molecule has 0 amide bonds. The second-order valence-electron chi connectivity index (χ2n) is 4.43. The van der Waals surface area contributed by atoms with E-state index in [0.29, 0.717) is 14.4 Å². The average molecular weight is 333 g/mol. The first-order valence-corrected chi connectivity index (χ1v) is 7.55. The minimum absolute atomic E-state index is 0.500. The van der Waals surface area contributed by atoms with E-state index >= 15 is 0 Å². The Morgan fingerprint density at radius 3 is 2.08 bits per heavy atom. The van der Waals surface area contributed by atoms with Gasteiger partial charge in [0.15, 0.2) is 0 Å². The summed E-state index contributed by atoms with van der Waals surface area (Å²) in [6.45, 7) is 12.6. The maximum absolute atomic E-state index is 9.50. The Morgan fingerprint density at radius 2 is 1.62 bits per heavy atom. The van der Waals surface area contributed by atoms with E-state index in [4.69, 9.17) is 0 Å². The van der Waals surface area contributed by atoms with Gasteiger partial charge < -0.3 is 4.90 Å². The largest absolute Gasteiger partial charge is 0.338 e. The monoisotopic (exact) mass is 333 g/mol. The number of anilines is 1. The number of alkyl halides is 2. The number of halogens is 2. The van der Waals surface area contributed by atoms with Crippen molar-refractivity contribution < 1.29 is 8.78 Å². The Labute approximate surface area is 146 Å². The fourth-order valence-electron chi connectivity index (χ4n) is 1.83. The molecule has 0 fully saturated rings. The molecule has 0 aliphatic heterocycles. The number of hydrogen-bond acceptors (Lipinski definition) is 1. The number of allylic oxidation sites excluding steroid dienone is 6. The maximum atomic E-state index is 9.50. The summed E-state index contributed by atoms with van der Waals surface area (Å²) in [6.07, 6.45) is 13.8. The first-order chi connectivity index (χ1) is 11.7. The van der Waals surface area contributed by atoms with Crippen LogP contribution in [0.4, 0.5) is 14.5 Å². The molecule has 0 saturated heterocycles. The summed E-state index contributed by atoms with van der Waals surface area (Å²) in [6, 6.07) is 8.48. The SMILES string of the molecule is C=C/C=C(\C=C)N(C/C=C\C=C/C)c1ccc(C)cc1.CF.CF. The predicted molar refractivity (Wildman–Crippen MR) is 105 cm³/mol. The van der Waals surface area contributed by atoms with Crippen molar-refractivity contribution in [3.8, 4) is 0 Å². The van der Waals surface area contributed by atoms with Crippen LogP contribution in [-0.2, 0) is 0 Å². The molecule has 0 unspecified atom stereocenters. The minimum atomic E-state index is 0.500. The molecule has 0 bridgehead atoms. The van der Waals surface area contributed by atoms with Crippen LogP contribution in [0.3, 0.4) is 0 Å². The molecule has 0 aliphatic carbocycles. The molecule has 24 heavy (non-hydrogen) atoms. The zero-order chi connectivity index (χ0) is 18.8. The summed E-state index contributed by atoms with van der Waals surface area (Å²) in [4.78, 5) is 2.20. The number of hydrogen-bond donors (Lipinski definition) is 0. The van der Waals surface area contributed by atoms with E-state index in [1.165, 1.54) is 5.56 Å². The first kappa shape index (κ1) is 23.8. The lowest BCUT2D eigenvalue weighted by atomic mass is 10.2. The highest BCUT2D eigenvalue weighted by Gasteiger charge is 2.07. The number of aryl methyl sites for hydroxylation is 1. The molecule has 0 saturated carbocycles. The van der Waals surface area contributed by atoms with E-state index in [0.717, 1.165) is 17.9 Å². The van der Waals surface area contributed by atoms with Crippen LogP contribution >= 0.6 is 0 Å². The molecular weight excluding hydrogens is 304 g/mol. The van der Waals surface area contributed by atoms with E-state index in [1.807, 2.05) is 31.2 Å². The van der Waals surface area contributed by atoms with Crippen LogP contribution in [0.25, 0.3) is 0 Å². The number of rotatable bonds is 7. The lowest BCUT2D eigenvalue weighted by Crippen LogP contribution is -2.21. The van der Waals surface area contributed by atoms with Gasteiger partial charge in [-0.3, -0.25) is 8.78 Å². The first-order valence-electron chi connectivity index (χ1n) is 7.55. The van der Waals surface area contributed by atoms with Gasteiger partial charge >= 0.3 is 0 Å². The Hall–Kier alpha value is -2.42. The average Bonchev–Trinajstić information content (AvgIpc) is 2.65. The van der Waals surface area contributed by atoms with E-state index in [9.17, 15) is 8.78 Å². The third-order valence-electron chi connectivity index (χ3n) is 2.88. The van der Waals surface area contributed by atoms with Gasteiger partial charge in [0.25, 0.3) is 0 Å². The van der Waals surface area contributed by atoms with Crippen molar-refractivity contribution in [2.24, 2.45) is 0 Å². The van der Waals surface area contributed by atoms with Crippen molar-refractivity contribution in [2.45, 2.75) is 13.8 Å². The molecule has 0 aliphatic rings. The molecule has 1 aromatic carbocycles. The molecule has 1 rings (SSSR count). The second-order valence-corrected chi connectivity index (χ2v) is 4.43. The summed E-state index contributed by atoms with van der Waals surface area (Å²) in [7, 11) is 1.00. The zero-order valence-electron chi connectivity index (χ0n) is 15.2. The number of nitrogens with zero attached hydrogens (tertiary/aromatic N) is 1. The Morgan fingerprint density at radius 1 is 1.04 bits per heavy atom. The van der Waals surface area contributed by atoms with Crippen molar-refractivity contribution in [1.82, 2.24) is 0 Å². The lowest BCUT2D eigenvalue weighted by Gasteiger charge is -2.24. The van der Waals surface area contributed by atoms with Crippen LogP contribution in [-0.4, -0.2) is 20.9 Å². The van der Waals surface area contributed by atoms with E-state index in [1.54, 1.807) is 6.08 Å². The maximum Gasteiger partial charge on any atom is 0.0785 e. The summed E-state index contributed by atoms with van der Waals surface area (Å²) >= 11 is 0. The van der Waals surface area contributed by atoms with Crippen molar-refractivity contribution in [2.75, 3.05) is 25.8 Å². The topological polar surface area (TPSA) is 3.24 Å². The molecule has 0 heterocycles. The summed E-state index contributed by atoms with van der Waals surface area (Å²) in [5.74, 6) is 0. The smallest absolute Gasteiger partial charge is 0.0785 e. The normalized spacial score (nSPS) is 10.5. The van der Waals surface area contributed by atoms with E-state index in [-0.39, 0.29) is 0 Å². The van der Waals surface area contributed by atoms with Gasteiger partial charge in [0, 0.05) is 17.9 Å². The fourth-order valence-corrected chi connectivity index (χ4v) is 1.83. The Bertz CT molecular complexity index is 525. The molecule has 3 heteroatoms. The highest BCUT2D eigenvalue weighted by Crippen LogP contribution is 2.20. The van der Waals surface area contributed by atoms with Crippen LogP contribution in [0.5, 0.6) is 0 Å². The molecule has 0 radical (unpaired) electrons. The van der Waals surface area contributed by atoms with Gasteiger partial charge in [-0.1, -0.05) is 61.2 Å². The van der Waals surface area contributed by atoms with Gasteiger partial charge in [-0.05, 0) is 38.1 Å². The fraction of sp³-hybridized carbons (Fsp3) is 0.238. The molecule has 1 nitrogen and oxygen atoms in total. The van der Waals surface area contributed by atoms with Gasteiger partial charge in [-0.25, -0.2) is 0 Å². The molecule has 0 N–H and O–H groups in total. The van der Waals surface area contributed by atoms with Gasteiger partial charge in [0.2, 0.25) is 0 Å². The van der Waals surface area contributed by atoms with Crippen LogP contribution in [0.2, 0.25) is 0 Å². The highest BCUT2D eigenvalue weighted by atomic mass is 19.1. The highest BCUT2D eigenvalue weighted by molar-refractivity contribution is 5.56. The quantitative estimate of drug-likeness (QED) is 0.525. The molecule has 1 aromatic rings. The Kier molecular flexibility index (Phi) is 16.8. The second kappa shape index (κ2) is 16.9. The summed E-state index contributed by atoms with van der Waals surface area (Å²) in [5, 5.41) is 0. The van der Waals surface area contributed by atoms with Crippen LogP contribution < -0.4 is 4.90 Å². The summed E-state index contributed by atoms with van der Waals surface area (Å²) < 4.78 is 19.0. The molecule has 132 valence electrons. The third-order valence-corrected chi connectivity index (χ3v) is 2.88. The van der Waals surface area contributed by atoms with Crippen LogP contribution in [0.1, 0.15) is 12.5 Å². The predicted octanol–water partition coefficient (Wildman–Crippen LogP) is 6.36. The van der Waals surface area contributed by atoms with Crippen molar-refractivity contribution in [1.29, 1.82) is 0 Å².